The first-order valence-electron chi connectivity index (χ1n) is 11.7. The molecule has 0 bridgehead atoms. The van der Waals surface area contributed by atoms with E-state index in [1.807, 2.05) is 12.1 Å². The summed E-state index contributed by atoms with van der Waals surface area (Å²) < 4.78 is 5.11. The van der Waals surface area contributed by atoms with Crippen LogP contribution in [0.15, 0.2) is 18.2 Å². The molecule has 0 atom stereocenters. The summed E-state index contributed by atoms with van der Waals surface area (Å²) in [5.41, 5.74) is 6.55. The SMILES string of the molecule is COc1cc(CNCCCNCCCCNCCCN)ccc1O.O=C1CCCN1CO. The Morgan fingerprint density at radius 2 is 1.69 bits per heavy atom. The molecule has 1 aromatic rings. The third-order valence-corrected chi connectivity index (χ3v) is 5.14. The van der Waals surface area contributed by atoms with Crippen LogP contribution in [0.5, 0.6) is 11.5 Å². The molecule has 9 nitrogen and oxygen atoms in total. The molecule has 1 aromatic carbocycles. The van der Waals surface area contributed by atoms with Gasteiger partial charge in [-0.15, -0.1) is 0 Å². The molecule has 0 saturated carbocycles. The predicted molar refractivity (Wildman–Crippen MR) is 128 cm³/mol. The van der Waals surface area contributed by atoms with Crippen LogP contribution in [0.25, 0.3) is 0 Å². The van der Waals surface area contributed by atoms with Crippen molar-refractivity contribution in [3.63, 3.8) is 0 Å². The van der Waals surface area contributed by atoms with Crippen LogP contribution in [0, 0.1) is 0 Å². The van der Waals surface area contributed by atoms with Crippen molar-refractivity contribution in [1.29, 1.82) is 0 Å². The number of nitrogens with zero attached hydrogens (tertiary/aromatic N) is 1. The number of unbranched alkanes of at least 4 members (excludes halogenated alkanes) is 1. The van der Waals surface area contributed by atoms with Gasteiger partial charge in [0.15, 0.2) is 11.5 Å². The Kier molecular flexibility index (Phi) is 16.4. The second kappa shape index (κ2) is 18.6. The van der Waals surface area contributed by atoms with Crippen LogP contribution in [-0.2, 0) is 11.3 Å². The van der Waals surface area contributed by atoms with E-state index in [2.05, 4.69) is 16.0 Å². The van der Waals surface area contributed by atoms with Crippen molar-refractivity contribution in [1.82, 2.24) is 20.9 Å². The molecule has 1 fully saturated rings. The van der Waals surface area contributed by atoms with Gasteiger partial charge in [0, 0.05) is 19.5 Å². The number of hydrogen-bond donors (Lipinski definition) is 6. The van der Waals surface area contributed by atoms with Crippen molar-refractivity contribution >= 4 is 5.91 Å². The Morgan fingerprint density at radius 1 is 1.03 bits per heavy atom. The summed E-state index contributed by atoms with van der Waals surface area (Å²) in [6, 6.07) is 5.44. The lowest BCUT2D eigenvalue weighted by Crippen LogP contribution is -2.24. The number of nitrogens with one attached hydrogen (secondary N) is 3. The normalized spacial score (nSPS) is 13.2. The highest BCUT2D eigenvalue weighted by atomic mass is 16.5. The fourth-order valence-corrected chi connectivity index (χ4v) is 3.23. The molecular formula is C23H43N5O4. The summed E-state index contributed by atoms with van der Waals surface area (Å²) in [5, 5.41) is 28.3. The number of rotatable bonds is 16. The molecule has 0 aliphatic carbocycles. The van der Waals surface area contributed by atoms with Gasteiger partial charge in [-0.25, -0.2) is 0 Å². The Hall–Kier alpha value is -1.91. The van der Waals surface area contributed by atoms with Gasteiger partial charge in [0.1, 0.15) is 6.73 Å². The molecule has 32 heavy (non-hydrogen) atoms. The lowest BCUT2D eigenvalue weighted by molar-refractivity contribution is -0.130. The number of ether oxygens (including phenoxy) is 1. The molecule has 1 saturated heterocycles. The van der Waals surface area contributed by atoms with Crippen molar-refractivity contribution in [2.45, 2.75) is 45.1 Å². The Labute approximate surface area is 192 Å². The highest BCUT2D eigenvalue weighted by Gasteiger charge is 2.17. The Morgan fingerprint density at radius 3 is 2.25 bits per heavy atom. The van der Waals surface area contributed by atoms with E-state index in [9.17, 15) is 9.90 Å². The molecular weight excluding hydrogens is 410 g/mol. The van der Waals surface area contributed by atoms with E-state index in [1.54, 1.807) is 13.2 Å². The molecule has 184 valence electrons. The van der Waals surface area contributed by atoms with Gasteiger partial charge in [0.2, 0.25) is 5.91 Å². The number of amides is 1. The van der Waals surface area contributed by atoms with E-state index in [0.717, 1.165) is 77.2 Å². The number of aliphatic hydroxyl groups is 1. The first-order valence-corrected chi connectivity index (χ1v) is 11.7. The number of carbonyl (C=O) groups excluding carboxylic acids is 1. The van der Waals surface area contributed by atoms with Gasteiger partial charge in [0.05, 0.1) is 7.11 Å². The number of hydrogen-bond acceptors (Lipinski definition) is 8. The molecule has 7 N–H and O–H groups in total. The second-order valence-corrected chi connectivity index (χ2v) is 7.79. The number of nitrogens with two attached hydrogens (primary N) is 1. The summed E-state index contributed by atoms with van der Waals surface area (Å²) in [7, 11) is 1.56. The zero-order chi connectivity index (χ0) is 23.4. The predicted octanol–water partition coefficient (Wildman–Crippen LogP) is 0.747. The molecule has 1 amide bonds. The van der Waals surface area contributed by atoms with Gasteiger partial charge in [-0.3, -0.25) is 4.79 Å². The second-order valence-electron chi connectivity index (χ2n) is 7.79. The van der Waals surface area contributed by atoms with Crippen molar-refractivity contribution in [2.75, 3.05) is 59.7 Å². The molecule has 1 aliphatic rings. The first kappa shape index (κ1) is 28.1. The lowest BCUT2D eigenvalue weighted by Gasteiger charge is -2.09. The van der Waals surface area contributed by atoms with E-state index in [0.29, 0.717) is 12.2 Å². The zero-order valence-electron chi connectivity index (χ0n) is 19.6. The average molecular weight is 454 g/mol. The summed E-state index contributed by atoms with van der Waals surface area (Å²) in [6.07, 6.45) is 6.08. The standard InChI is InChI=1S/C18H34N4O2.C5H9NO2/c1-24-18-14-16(6-7-17(18)23)15-22-13-5-12-21-10-3-2-9-20-11-4-8-19;7-4-6-3-1-2-5(6)8/h6-7,14,20-23H,2-5,8-13,15,19H2,1H3;7H,1-4H2. The molecule has 0 spiro atoms. The molecule has 1 heterocycles. The quantitative estimate of drug-likeness (QED) is 0.202. The van der Waals surface area contributed by atoms with Gasteiger partial charge < -0.3 is 41.5 Å². The van der Waals surface area contributed by atoms with E-state index in [4.69, 9.17) is 15.6 Å². The Bertz CT molecular complexity index is 618. The summed E-state index contributed by atoms with van der Waals surface area (Å²) >= 11 is 0. The van der Waals surface area contributed by atoms with E-state index >= 15 is 0 Å². The molecule has 9 heteroatoms. The van der Waals surface area contributed by atoms with Crippen molar-refractivity contribution in [3.05, 3.63) is 23.8 Å². The van der Waals surface area contributed by atoms with Crippen molar-refractivity contribution in [2.24, 2.45) is 5.73 Å². The fraction of sp³-hybridized carbons (Fsp3) is 0.696. The van der Waals surface area contributed by atoms with Crippen LogP contribution < -0.4 is 26.4 Å². The maximum Gasteiger partial charge on any atom is 0.224 e. The minimum atomic E-state index is -0.112. The van der Waals surface area contributed by atoms with Gasteiger partial charge in [-0.2, -0.15) is 0 Å². The number of benzene rings is 1. The fourth-order valence-electron chi connectivity index (χ4n) is 3.23. The van der Waals surface area contributed by atoms with E-state index in [1.165, 1.54) is 17.7 Å². The average Bonchev–Trinajstić information content (AvgIpc) is 3.23. The van der Waals surface area contributed by atoms with Crippen LogP contribution in [-0.4, -0.2) is 80.7 Å². The molecule has 0 aromatic heterocycles. The smallest absolute Gasteiger partial charge is 0.224 e. The van der Waals surface area contributed by atoms with Gasteiger partial charge >= 0.3 is 0 Å². The number of phenolic OH excluding ortho intramolecular Hbond substituents is 1. The number of likely N-dealkylation sites (tertiary alicyclic amines) is 1. The minimum absolute atomic E-state index is 0.0764. The monoisotopic (exact) mass is 453 g/mol. The van der Waals surface area contributed by atoms with Crippen molar-refractivity contribution in [3.8, 4) is 11.5 Å². The number of aliphatic hydroxyl groups excluding tert-OH is 1. The molecule has 1 aliphatic heterocycles. The van der Waals surface area contributed by atoms with Crippen molar-refractivity contribution < 1.29 is 19.7 Å². The van der Waals surface area contributed by atoms with E-state index < -0.39 is 0 Å². The lowest BCUT2D eigenvalue weighted by atomic mass is 10.2. The number of methoxy groups -OCH3 is 1. The highest BCUT2D eigenvalue weighted by Crippen LogP contribution is 2.26. The third kappa shape index (κ3) is 12.8. The molecule has 0 radical (unpaired) electrons. The van der Waals surface area contributed by atoms with Crippen LogP contribution in [0.3, 0.4) is 0 Å². The largest absolute Gasteiger partial charge is 0.504 e. The Balaban J connectivity index is 0.000000533. The van der Waals surface area contributed by atoms with Gasteiger partial charge in [-0.05, 0) is 89.1 Å². The van der Waals surface area contributed by atoms with Crippen LogP contribution in [0.4, 0.5) is 0 Å². The molecule has 2 rings (SSSR count). The van der Waals surface area contributed by atoms with Crippen LogP contribution in [0.1, 0.15) is 44.1 Å². The number of carbonyl (C=O) groups is 1. The maximum atomic E-state index is 10.6. The first-order chi connectivity index (χ1) is 15.6. The zero-order valence-corrected chi connectivity index (χ0v) is 19.6. The van der Waals surface area contributed by atoms with Crippen LogP contribution >= 0.6 is 0 Å². The summed E-state index contributed by atoms with van der Waals surface area (Å²) in [4.78, 5) is 12.0. The number of aromatic hydroxyl groups is 1. The van der Waals surface area contributed by atoms with Gasteiger partial charge in [0.25, 0.3) is 0 Å². The van der Waals surface area contributed by atoms with Gasteiger partial charge in [-0.1, -0.05) is 6.07 Å². The van der Waals surface area contributed by atoms with Crippen LogP contribution in [0.2, 0.25) is 0 Å². The third-order valence-electron chi connectivity index (χ3n) is 5.14. The maximum absolute atomic E-state index is 10.6. The topological polar surface area (TPSA) is 132 Å². The highest BCUT2D eigenvalue weighted by molar-refractivity contribution is 5.77. The van der Waals surface area contributed by atoms with E-state index in [-0.39, 0.29) is 18.4 Å². The molecule has 0 unspecified atom stereocenters. The minimum Gasteiger partial charge on any atom is -0.504 e. The summed E-state index contributed by atoms with van der Waals surface area (Å²) in [5.74, 6) is 0.779. The summed E-state index contributed by atoms with van der Waals surface area (Å²) in [6.45, 7) is 7.36. The number of phenols is 1.